The molecular formula is C64H42N2. The van der Waals surface area contributed by atoms with E-state index in [1.807, 2.05) is 0 Å². The van der Waals surface area contributed by atoms with Gasteiger partial charge in [-0.1, -0.05) is 188 Å². The van der Waals surface area contributed by atoms with Crippen LogP contribution >= 0.6 is 0 Å². The van der Waals surface area contributed by atoms with Gasteiger partial charge in [0, 0.05) is 33.3 Å². The lowest BCUT2D eigenvalue weighted by molar-refractivity contribution is 1.18. The van der Waals surface area contributed by atoms with E-state index in [0.29, 0.717) is 0 Å². The van der Waals surface area contributed by atoms with Crippen LogP contribution in [0.2, 0.25) is 0 Å². The zero-order valence-corrected chi connectivity index (χ0v) is 36.1. The highest BCUT2D eigenvalue weighted by Crippen LogP contribution is 2.45. The third-order valence-electron chi connectivity index (χ3n) is 13.5. The molecule has 0 saturated heterocycles. The van der Waals surface area contributed by atoms with Gasteiger partial charge in [-0.2, -0.15) is 0 Å². The first-order chi connectivity index (χ1) is 32.7. The van der Waals surface area contributed by atoms with Gasteiger partial charge in [-0.25, -0.2) is 0 Å². The summed E-state index contributed by atoms with van der Waals surface area (Å²) in [5, 5.41) is 12.5. The van der Waals surface area contributed by atoms with Gasteiger partial charge in [0.2, 0.25) is 0 Å². The van der Waals surface area contributed by atoms with Crippen molar-refractivity contribution >= 4 is 82.0 Å². The molecular weight excluding hydrogens is 797 g/mol. The second kappa shape index (κ2) is 15.5. The highest BCUT2D eigenvalue weighted by Gasteiger charge is 2.21. The number of aromatic nitrogens is 1. The van der Waals surface area contributed by atoms with E-state index in [1.165, 1.54) is 87.1 Å². The Morgan fingerprint density at radius 1 is 0.258 bits per heavy atom. The zero-order chi connectivity index (χ0) is 43.6. The summed E-state index contributed by atoms with van der Waals surface area (Å²) >= 11 is 0. The minimum atomic E-state index is 1.08. The Bertz CT molecular complexity index is 4010. The summed E-state index contributed by atoms with van der Waals surface area (Å²) in [5.74, 6) is 0. The highest BCUT2D eigenvalue weighted by molar-refractivity contribution is 6.15. The van der Waals surface area contributed by atoms with E-state index in [2.05, 4.69) is 264 Å². The summed E-state index contributed by atoms with van der Waals surface area (Å²) in [6.45, 7) is 0. The predicted octanol–water partition coefficient (Wildman–Crippen LogP) is 17.9. The van der Waals surface area contributed by atoms with Gasteiger partial charge in [-0.05, 0) is 132 Å². The van der Waals surface area contributed by atoms with Crippen molar-refractivity contribution in [3.63, 3.8) is 0 Å². The summed E-state index contributed by atoms with van der Waals surface area (Å²) in [6.07, 6.45) is 0. The zero-order valence-electron chi connectivity index (χ0n) is 36.1. The number of hydrogen-bond donors (Lipinski definition) is 0. The molecule has 0 amide bonds. The molecule has 0 aliphatic rings. The second-order valence-electron chi connectivity index (χ2n) is 17.3. The van der Waals surface area contributed by atoms with Crippen molar-refractivity contribution in [2.24, 2.45) is 0 Å². The molecule has 13 aromatic rings. The average molecular weight is 839 g/mol. The summed E-state index contributed by atoms with van der Waals surface area (Å²) in [4.78, 5) is 2.44. The van der Waals surface area contributed by atoms with Gasteiger partial charge < -0.3 is 9.47 Å². The van der Waals surface area contributed by atoms with E-state index in [9.17, 15) is 0 Å². The number of benzene rings is 12. The van der Waals surface area contributed by atoms with Crippen LogP contribution in [0.3, 0.4) is 0 Å². The molecule has 0 fully saturated rings. The van der Waals surface area contributed by atoms with Crippen molar-refractivity contribution in [2.75, 3.05) is 4.90 Å². The summed E-state index contributed by atoms with van der Waals surface area (Å²) in [6, 6.07) is 93.4. The summed E-state index contributed by atoms with van der Waals surface area (Å²) in [7, 11) is 0. The molecule has 0 atom stereocenters. The van der Waals surface area contributed by atoms with Crippen LogP contribution < -0.4 is 4.90 Å². The third-order valence-corrected chi connectivity index (χ3v) is 13.5. The number of hydrogen-bond acceptors (Lipinski definition) is 1. The highest BCUT2D eigenvalue weighted by atomic mass is 15.1. The first-order valence-corrected chi connectivity index (χ1v) is 22.7. The Labute approximate surface area is 383 Å². The van der Waals surface area contributed by atoms with Gasteiger partial charge in [-0.15, -0.1) is 0 Å². The van der Waals surface area contributed by atoms with Gasteiger partial charge in [0.1, 0.15) is 0 Å². The lowest BCUT2D eigenvalue weighted by Gasteiger charge is -2.29. The lowest BCUT2D eigenvalue weighted by atomic mass is 9.93. The van der Waals surface area contributed by atoms with Crippen molar-refractivity contribution in [3.05, 3.63) is 255 Å². The summed E-state index contributed by atoms with van der Waals surface area (Å²) < 4.78 is 2.45. The predicted molar refractivity (Wildman–Crippen MR) is 282 cm³/mol. The monoisotopic (exact) mass is 838 g/mol. The molecule has 1 aromatic heterocycles. The molecule has 0 unspecified atom stereocenters. The number of anilines is 3. The fourth-order valence-electron chi connectivity index (χ4n) is 10.4. The van der Waals surface area contributed by atoms with Crippen molar-refractivity contribution in [3.8, 4) is 39.1 Å². The quantitative estimate of drug-likeness (QED) is 0.145. The Kier molecular flexibility index (Phi) is 8.89. The molecule has 12 aromatic carbocycles. The molecule has 0 radical (unpaired) electrons. The van der Waals surface area contributed by atoms with E-state index in [0.717, 1.165) is 33.9 Å². The maximum atomic E-state index is 2.45. The minimum absolute atomic E-state index is 1.08. The minimum Gasteiger partial charge on any atom is -0.310 e. The van der Waals surface area contributed by atoms with Gasteiger partial charge in [0.05, 0.1) is 22.4 Å². The van der Waals surface area contributed by atoms with E-state index in [4.69, 9.17) is 0 Å². The fourth-order valence-corrected chi connectivity index (χ4v) is 10.4. The first-order valence-electron chi connectivity index (χ1n) is 22.7. The number of nitrogens with zero attached hydrogens (tertiary/aromatic N) is 2. The average Bonchev–Trinajstić information content (AvgIpc) is 3.71. The molecule has 0 aliphatic heterocycles. The summed E-state index contributed by atoms with van der Waals surface area (Å²) in [5.41, 5.74) is 13.9. The molecule has 1 heterocycles. The van der Waals surface area contributed by atoms with Crippen LogP contribution in [0, 0.1) is 0 Å². The lowest BCUT2D eigenvalue weighted by Crippen LogP contribution is -2.11. The molecule has 0 N–H and O–H groups in total. The van der Waals surface area contributed by atoms with Crippen LogP contribution in [0.1, 0.15) is 0 Å². The Morgan fingerprint density at radius 2 is 0.848 bits per heavy atom. The van der Waals surface area contributed by atoms with Gasteiger partial charge in [0.25, 0.3) is 0 Å². The largest absolute Gasteiger partial charge is 0.310 e. The molecule has 308 valence electrons. The maximum Gasteiger partial charge on any atom is 0.0547 e. The fraction of sp³-hybridized carbons (Fsp3) is 0. The van der Waals surface area contributed by atoms with Crippen LogP contribution in [-0.2, 0) is 0 Å². The Morgan fingerprint density at radius 3 is 1.67 bits per heavy atom. The van der Waals surface area contributed by atoms with E-state index in [1.54, 1.807) is 0 Å². The SMILES string of the molecule is c1cc(-c2cc3ccccc3c3ccccc23)cc(N(c2ccc(-c3ccccc3-n3c4ccccc4c4cc5ccccc5cc43)cc2)c2ccccc2-c2ccc3ccccc3c2)c1. The van der Waals surface area contributed by atoms with Crippen LogP contribution in [0.4, 0.5) is 17.1 Å². The molecule has 13 rings (SSSR count). The Balaban J connectivity index is 0.985. The molecule has 66 heavy (non-hydrogen) atoms. The topological polar surface area (TPSA) is 8.17 Å². The maximum absolute atomic E-state index is 2.45. The van der Waals surface area contributed by atoms with Crippen LogP contribution in [0.25, 0.3) is 104 Å². The van der Waals surface area contributed by atoms with Crippen molar-refractivity contribution in [1.82, 2.24) is 4.57 Å². The van der Waals surface area contributed by atoms with Gasteiger partial charge >= 0.3 is 0 Å². The number of rotatable bonds is 7. The molecule has 2 heteroatoms. The van der Waals surface area contributed by atoms with E-state index < -0.39 is 0 Å². The van der Waals surface area contributed by atoms with E-state index in [-0.39, 0.29) is 0 Å². The molecule has 0 aliphatic carbocycles. The third kappa shape index (κ3) is 6.26. The van der Waals surface area contributed by atoms with Gasteiger partial charge in [0.15, 0.2) is 0 Å². The van der Waals surface area contributed by atoms with Crippen LogP contribution in [-0.4, -0.2) is 4.57 Å². The standard InChI is InChI=1S/C64H42N2/c1-2-17-45-38-50(33-32-43(45)16-1)55-25-10-12-29-61(55)65(52-22-15-21-48(39-52)59-41-49-20-5-6-23-53(49)56-26-7-8-27-57(56)59)51-36-34-44(35-37-51)54-24-9-13-30-62(54)66-63-31-14-11-28-58(63)60-40-46-18-3-4-19-47(46)42-64(60)66/h1-42H. The molecule has 0 bridgehead atoms. The Hall–Kier alpha value is -8.72. The van der Waals surface area contributed by atoms with Crippen molar-refractivity contribution < 1.29 is 0 Å². The molecule has 0 saturated carbocycles. The number of fused-ring (bicyclic) bond motifs is 8. The van der Waals surface area contributed by atoms with E-state index >= 15 is 0 Å². The molecule has 0 spiro atoms. The second-order valence-corrected chi connectivity index (χ2v) is 17.3. The smallest absolute Gasteiger partial charge is 0.0547 e. The van der Waals surface area contributed by atoms with Gasteiger partial charge in [-0.3, -0.25) is 0 Å². The number of para-hydroxylation sites is 3. The van der Waals surface area contributed by atoms with Crippen molar-refractivity contribution in [2.45, 2.75) is 0 Å². The molecule has 2 nitrogen and oxygen atoms in total. The van der Waals surface area contributed by atoms with Crippen LogP contribution in [0.5, 0.6) is 0 Å². The normalized spacial score (nSPS) is 11.6. The van der Waals surface area contributed by atoms with Crippen LogP contribution in [0.15, 0.2) is 255 Å². The van der Waals surface area contributed by atoms with Crippen molar-refractivity contribution in [1.29, 1.82) is 0 Å². The first kappa shape index (κ1) is 37.8.